The molecular weight excluding hydrogens is 334 g/mol. The number of para-hydroxylation sites is 1. The molecule has 2 rings (SSSR count). The smallest absolute Gasteiger partial charge is 0.239 e. The van der Waals surface area contributed by atoms with E-state index in [1.165, 1.54) is 24.3 Å². The Hall–Kier alpha value is -1.85. The Labute approximate surface area is 141 Å². The number of anilines is 1. The zero-order chi connectivity index (χ0) is 17.0. The number of halogens is 1. The topological polar surface area (TPSA) is 63.2 Å². The molecule has 0 aliphatic carbocycles. The number of sulfone groups is 1. The molecule has 0 bridgehead atoms. The summed E-state index contributed by atoms with van der Waals surface area (Å²) in [5.74, 6) is -1.16. The molecular formula is C17H18ClNO3S. The Kier molecular flexibility index (Phi) is 5.44. The SMILES string of the molecule is CCc1cccc(C)c1NC(=O)CS(=O)(=O)c1ccc(Cl)cc1. The predicted molar refractivity (Wildman–Crippen MR) is 92.7 cm³/mol. The molecule has 0 atom stereocenters. The van der Waals surface area contributed by atoms with Crippen LogP contribution in [-0.2, 0) is 21.1 Å². The summed E-state index contributed by atoms with van der Waals surface area (Å²) in [6, 6.07) is 11.5. The van der Waals surface area contributed by atoms with E-state index >= 15 is 0 Å². The monoisotopic (exact) mass is 351 g/mol. The molecule has 122 valence electrons. The van der Waals surface area contributed by atoms with Gasteiger partial charge in [0, 0.05) is 10.7 Å². The summed E-state index contributed by atoms with van der Waals surface area (Å²) < 4.78 is 24.6. The lowest BCUT2D eigenvalue weighted by molar-refractivity contribution is -0.113. The number of hydrogen-bond donors (Lipinski definition) is 1. The first kappa shape index (κ1) is 17.5. The number of carbonyl (C=O) groups is 1. The van der Waals surface area contributed by atoms with Crippen LogP contribution in [0.2, 0.25) is 5.02 Å². The molecule has 0 fully saturated rings. The van der Waals surface area contributed by atoms with Crippen LogP contribution >= 0.6 is 11.6 Å². The van der Waals surface area contributed by atoms with Crippen LogP contribution in [0.5, 0.6) is 0 Å². The van der Waals surface area contributed by atoms with Gasteiger partial charge in [-0.1, -0.05) is 36.7 Å². The fourth-order valence-corrected chi connectivity index (χ4v) is 3.54. The molecule has 2 aromatic carbocycles. The van der Waals surface area contributed by atoms with E-state index in [0.717, 1.165) is 17.5 Å². The van der Waals surface area contributed by atoms with Crippen LogP contribution in [0.15, 0.2) is 47.4 Å². The van der Waals surface area contributed by atoms with Crippen LogP contribution in [0.1, 0.15) is 18.1 Å². The maximum Gasteiger partial charge on any atom is 0.239 e. The van der Waals surface area contributed by atoms with Gasteiger partial charge in [0.15, 0.2) is 9.84 Å². The van der Waals surface area contributed by atoms with Gasteiger partial charge in [0.1, 0.15) is 5.75 Å². The minimum Gasteiger partial charge on any atom is -0.325 e. The minimum absolute atomic E-state index is 0.0811. The van der Waals surface area contributed by atoms with Crippen molar-refractivity contribution in [3.63, 3.8) is 0 Å². The molecule has 6 heteroatoms. The highest BCUT2D eigenvalue weighted by molar-refractivity contribution is 7.92. The van der Waals surface area contributed by atoms with Crippen molar-refractivity contribution in [3.8, 4) is 0 Å². The van der Waals surface area contributed by atoms with Crippen molar-refractivity contribution in [1.29, 1.82) is 0 Å². The number of rotatable bonds is 5. The van der Waals surface area contributed by atoms with Crippen molar-refractivity contribution in [3.05, 3.63) is 58.6 Å². The van der Waals surface area contributed by atoms with E-state index in [4.69, 9.17) is 11.6 Å². The van der Waals surface area contributed by atoms with Crippen molar-refractivity contribution in [2.24, 2.45) is 0 Å². The van der Waals surface area contributed by atoms with Gasteiger partial charge in [0.05, 0.1) is 4.90 Å². The predicted octanol–water partition coefficient (Wildman–Crippen LogP) is 3.62. The van der Waals surface area contributed by atoms with Crippen molar-refractivity contribution in [1.82, 2.24) is 0 Å². The number of benzene rings is 2. The lowest BCUT2D eigenvalue weighted by atomic mass is 10.1. The van der Waals surface area contributed by atoms with Crippen molar-refractivity contribution in [2.45, 2.75) is 25.2 Å². The van der Waals surface area contributed by atoms with Gasteiger partial charge < -0.3 is 5.32 Å². The third-order valence-corrected chi connectivity index (χ3v) is 5.38. The Morgan fingerprint density at radius 2 is 1.78 bits per heavy atom. The van der Waals surface area contributed by atoms with Gasteiger partial charge in [-0.05, 0) is 48.7 Å². The molecule has 0 saturated heterocycles. The lowest BCUT2D eigenvalue weighted by Gasteiger charge is -2.13. The Balaban J connectivity index is 2.18. The van der Waals surface area contributed by atoms with Crippen LogP contribution in [-0.4, -0.2) is 20.1 Å². The largest absolute Gasteiger partial charge is 0.325 e. The summed E-state index contributed by atoms with van der Waals surface area (Å²) in [7, 11) is -3.70. The van der Waals surface area contributed by atoms with Crippen molar-refractivity contribution >= 4 is 33.0 Å². The molecule has 4 nitrogen and oxygen atoms in total. The second-order valence-corrected chi connectivity index (χ2v) is 7.65. The standard InChI is InChI=1S/C17H18ClNO3S/c1-3-13-6-4-5-12(2)17(13)19-16(20)11-23(21,22)15-9-7-14(18)8-10-15/h4-10H,3,11H2,1-2H3,(H,19,20). The van der Waals surface area contributed by atoms with E-state index < -0.39 is 21.5 Å². The zero-order valence-electron chi connectivity index (χ0n) is 13.0. The first-order valence-corrected chi connectivity index (χ1v) is 9.23. The number of nitrogens with one attached hydrogen (secondary N) is 1. The van der Waals surface area contributed by atoms with E-state index in [2.05, 4.69) is 5.32 Å². The number of carbonyl (C=O) groups excluding carboxylic acids is 1. The normalized spacial score (nSPS) is 11.3. The summed E-state index contributed by atoms with van der Waals surface area (Å²) >= 11 is 5.75. The molecule has 0 aliphatic heterocycles. The summed E-state index contributed by atoms with van der Waals surface area (Å²) in [6.07, 6.45) is 0.751. The fraction of sp³-hybridized carbons (Fsp3) is 0.235. The molecule has 0 spiro atoms. The van der Waals surface area contributed by atoms with Crippen molar-refractivity contribution in [2.75, 3.05) is 11.1 Å². The van der Waals surface area contributed by atoms with Gasteiger partial charge in [-0.2, -0.15) is 0 Å². The molecule has 0 heterocycles. The third kappa shape index (κ3) is 4.33. The summed E-state index contributed by atoms with van der Waals surface area (Å²) in [6.45, 7) is 3.86. The molecule has 1 amide bonds. The van der Waals surface area contributed by atoms with E-state index in [1.807, 2.05) is 32.0 Å². The molecule has 2 aromatic rings. The van der Waals surface area contributed by atoms with Crippen molar-refractivity contribution < 1.29 is 13.2 Å². The van der Waals surface area contributed by atoms with Gasteiger partial charge >= 0.3 is 0 Å². The number of amides is 1. The highest BCUT2D eigenvalue weighted by Gasteiger charge is 2.20. The maximum atomic E-state index is 12.3. The highest BCUT2D eigenvalue weighted by atomic mass is 35.5. The van der Waals surface area contributed by atoms with E-state index in [9.17, 15) is 13.2 Å². The van der Waals surface area contributed by atoms with Gasteiger partial charge in [0.2, 0.25) is 5.91 Å². The average Bonchev–Trinajstić information content (AvgIpc) is 2.49. The van der Waals surface area contributed by atoms with E-state index in [-0.39, 0.29) is 4.90 Å². The second-order valence-electron chi connectivity index (χ2n) is 5.22. The summed E-state index contributed by atoms with van der Waals surface area (Å²) in [5, 5.41) is 3.17. The molecule has 0 saturated carbocycles. The van der Waals surface area contributed by atoms with Gasteiger partial charge in [0.25, 0.3) is 0 Å². The fourth-order valence-electron chi connectivity index (χ4n) is 2.28. The average molecular weight is 352 g/mol. The molecule has 23 heavy (non-hydrogen) atoms. The molecule has 0 unspecified atom stereocenters. The first-order valence-electron chi connectivity index (χ1n) is 7.20. The molecule has 0 aliphatic rings. The van der Waals surface area contributed by atoms with Crippen LogP contribution in [0.4, 0.5) is 5.69 Å². The third-order valence-electron chi connectivity index (χ3n) is 3.50. The Bertz CT molecular complexity index is 814. The molecule has 0 radical (unpaired) electrons. The Morgan fingerprint density at radius 1 is 1.13 bits per heavy atom. The summed E-state index contributed by atoms with van der Waals surface area (Å²) in [4.78, 5) is 12.3. The van der Waals surface area contributed by atoms with Crippen LogP contribution in [0.25, 0.3) is 0 Å². The van der Waals surface area contributed by atoms with Crippen LogP contribution in [0.3, 0.4) is 0 Å². The number of hydrogen-bond acceptors (Lipinski definition) is 3. The summed E-state index contributed by atoms with van der Waals surface area (Å²) in [5.41, 5.74) is 2.56. The minimum atomic E-state index is -3.70. The zero-order valence-corrected chi connectivity index (χ0v) is 14.5. The first-order chi connectivity index (χ1) is 10.8. The van der Waals surface area contributed by atoms with E-state index in [0.29, 0.717) is 10.7 Å². The Morgan fingerprint density at radius 3 is 2.39 bits per heavy atom. The van der Waals surface area contributed by atoms with Crippen LogP contribution < -0.4 is 5.32 Å². The second kappa shape index (κ2) is 7.15. The van der Waals surface area contributed by atoms with E-state index in [1.54, 1.807) is 0 Å². The van der Waals surface area contributed by atoms with Gasteiger partial charge in [-0.25, -0.2) is 8.42 Å². The maximum absolute atomic E-state index is 12.3. The van der Waals surface area contributed by atoms with Gasteiger partial charge in [-0.15, -0.1) is 0 Å². The highest BCUT2D eigenvalue weighted by Crippen LogP contribution is 2.22. The lowest BCUT2D eigenvalue weighted by Crippen LogP contribution is -2.24. The van der Waals surface area contributed by atoms with Gasteiger partial charge in [-0.3, -0.25) is 4.79 Å². The van der Waals surface area contributed by atoms with Crippen LogP contribution in [0, 0.1) is 6.92 Å². The quantitative estimate of drug-likeness (QED) is 0.894. The molecule has 0 aromatic heterocycles. The number of aryl methyl sites for hydroxylation is 2. The molecule has 1 N–H and O–H groups in total.